The molecular weight excluding hydrogens is 536 g/mol. The number of anilines is 1. The highest BCUT2D eigenvalue weighted by Gasteiger charge is 2.30. The van der Waals surface area contributed by atoms with Crippen LogP contribution in [0.5, 0.6) is 5.75 Å². The molecule has 0 aliphatic heterocycles. The van der Waals surface area contributed by atoms with E-state index in [9.17, 15) is 9.90 Å². The molecule has 0 saturated heterocycles. The van der Waals surface area contributed by atoms with Crippen LogP contribution in [0.4, 0.5) is 5.95 Å². The van der Waals surface area contributed by atoms with Crippen molar-refractivity contribution in [3.63, 3.8) is 0 Å². The van der Waals surface area contributed by atoms with Gasteiger partial charge in [-0.15, -0.1) is 0 Å². The quantitative estimate of drug-likeness (QED) is 0.203. The zero-order valence-corrected chi connectivity index (χ0v) is 23.3. The molecule has 214 valence electrons. The average molecular weight is 567 g/mol. The molecule has 1 aliphatic carbocycles. The van der Waals surface area contributed by atoms with Crippen LogP contribution >= 0.6 is 0 Å². The standard InChI is InChI=1S/C31H30N6O5/c1-31(2,29(38)39)40-24-14-8-20(9-15-24)16-18-37(30-34-28(42-36-30)25-5-3-4-17-32-25)19-21-6-10-22(11-7-21)26-33-27(41-35-26)23-12-13-23/h3-11,14-15,17,23H,12-13,16,18-19H2,1-2H3,(H,38,39). The number of aromatic nitrogens is 5. The van der Waals surface area contributed by atoms with Gasteiger partial charge in [0.1, 0.15) is 11.4 Å². The minimum absolute atomic E-state index is 0.345. The molecule has 1 aliphatic rings. The lowest BCUT2D eigenvalue weighted by Gasteiger charge is -2.22. The number of carboxylic acid groups (broad SMARTS) is 1. The molecule has 1 fully saturated rings. The van der Waals surface area contributed by atoms with Crippen LogP contribution in [0.1, 0.15) is 49.6 Å². The van der Waals surface area contributed by atoms with Gasteiger partial charge in [0.2, 0.25) is 11.7 Å². The zero-order valence-electron chi connectivity index (χ0n) is 23.3. The number of carbonyl (C=O) groups is 1. The minimum Gasteiger partial charge on any atom is -0.478 e. The van der Waals surface area contributed by atoms with E-state index < -0.39 is 11.6 Å². The lowest BCUT2D eigenvalue weighted by molar-refractivity contribution is -0.152. The number of nitrogens with zero attached hydrogens (tertiary/aromatic N) is 6. The van der Waals surface area contributed by atoms with Gasteiger partial charge in [-0.05, 0) is 73.7 Å². The van der Waals surface area contributed by atoms with Crippen molar-refractivity contribution in [1.29, 1.82) is 0 Å². The average Bonchev–Trinajstić information content (AvgIpc) is 3.52. The Hall–Kier alpha value is -5.06. The fourth-order valence-corrected chi connectivity index (χ4v) is 4.34. The molecule has 0 amide bonds. The van der Waals surface area contributed by atoms with Gasteiger partial charge in [0.05, 0.1) is 0 Å². The Morgan fingerprint density at radius 2 is 1.74 bits per heavy atom. The van der Waals surface area contributed by atoms with Crippen molar-refractivity contribution in [1.82, 2.24) is 25.3 Å². The molecular formula is C31H30N6O5. The van der Waals surface area contributed by atoms with Gasteiger partial charge < -0.3 is 23.8 Å². The Morgan fingerprint density at radius 1 is 0.976 bits per heavy atom. The van der Waals surface area contributed by atoms with Crippen LogP contribution in [0.25, 0.3) is 23.0 Å². The highest BCUT2D eigenvalue weighted by molar-refractivity contribution is 5.76. The highest BCUT2D eigenvalue weighted by atomic mass is 16.5. The van der Waals surface area contributed by atoms with E-state index >= 15 is 0 Å². The van der Waals surface area contributed by atoms with Crippen molar-refractivity contribution < 1.29 is 23.7 Å². The molecule has 11 nitrogen and oxygen atoms in total. The maximum Gasteiger partial charge on any atom is 0.347 e. The van der Waals surface area contributed by atoms with Gasteiger partial charge >= 0.3 is 5.97 Å². The fourth-order valence-electron chi connectivity index (χ4n) is 4.34. The monoisotopic (exact) mass is 566 g/mol. The second-order valence-electron chi connectivity index (χ2n) is 10.8. The van der Waals surface area contributed by atoms with Crippen LogP contribution in [-0.2, 0) is 17.8 Å². The van der Waals surface area contributed by atoms with Crippen molar-refractivity contribution in [3.8, 4) is 28.7 Å². The van der Waals surface area contributed by atoms with Gasteiger partial charge in [-0.1, -0.05) is 47.6 Å². The molecule has 1 saturated carbocycles. The summed E-state index contributed by atoms with van der Waals surface area (Å²) in [4.78, 5) is 26.9. The van der Waals surface area contributed by atoms with Crippen LogP contribution in [0, 0.1) is 0 Å². The Kier molecular flexibility index (Phi) is 7.39. The van der Waals surface area contributed by atoms with Crippen molar-refractivity contribution >= 4 is 11.9 Å². The summed E-state index contributed by atoms with van der Waals surface area (Å²) in [5.74, 6) is 1.98. The second-order valence-corrected chi connectivity index (χ2v) is 10.8. The lowest BCUT2D eigenvalue weighted by Crippen LogP contribution is -2.37. The summed E-state index contributed by atoms with van der Waals surface area (Å²) in [7, 11) is 0. The fraction of sp³-hybridized carbons (Fsp3) is 0.290. The van der Waals surface area contributed by atoms with Crippen LogP contribution in [0.2, 0.25) is 0 Å². The molecule has 0 radical (unpaired) electrons. The Labute approximate surface area is 242 Å². The zero-order chi connectivity index (χ0) is 29.1. The summed E-state index contributed by atoms with van der Waals surface area (Å²) >= 11 is 0. The first-order valence-electron chi connectivity index (χ1n) is 13.8. The van der Waals surface area contributed by atoms with E-state index in [1.807, 2.05) is 59.5 Å². The van der Waals surface area contributed by atoms with Gasteiger partial charge in [-0.2, -0.15) is 9.97 Å². The van der Waals surface area contributed by atoms with Gasteiger partial charge in [-0.3, -0.25) is 4.98 Å². The number of hydrogen-bond donors (Lipinski definition) is 1. The molecule has 0 atom stereocenters. The molecule has 3 aromatic heterocycles. The third-order valence-corrected chi connectivity index (χ3v) is 7.02. The molecule has 11 heteroatoms. The predicted molar refractivity (Wildman–Crippen MR) is 153 cm³/mol. The molecule has 6 rings (SSSR count). The lowest BCUT2D eigenvalue weighted by atomic mass is 10.1. The predicted octanol–water partition coefficient (Wildman–Crippen LogP) is 5.55. The van der Waals surface area contributed by atoms with E-state index in [0.717, 1.165) is 29.5 Å². The molecule has 5 aromatic rings. The van der Waals surface area contributed by atoms with Crippen LogP contribution in [0.15, 0.2) is 82.0 Å². The van der Waals surface area contributed by atoms with E-state index in [4.69, 9.17) is 13.8 Å². The topological polar surface area (TPSA) is 140 Å². The highest BCUT2D eigenvalue weighted by Crippen LogP contribution is 2.39. The first-order chi connectivity index (χ1) is 20.3. The van der Waals surface area contributed by atoms with Crippen LogP contribution in [0.3, 0.4) is 0 Å². The third kappa shape index (κ3) is 6.30. The van der Waals surface area contributed by atoms with Crippen LogP contribution in [-0.4, -0.2) is 48.5 Å². The maximum atomic E-state index is 11.4. The van der Waals surface area contributed by atoms with E-state index in [1.165, 1.54) is 13.8 Å². The summed E-state index contributed by atoms with van der Waals surface area (Å²) < 4.78 is 16.6. The van der Waals surface area contributed by atoms with Gasteiger partial charge in [0.15, 0.2) is 5.60 Å². The van der Waals surface area contributed by atoms with Crippen molar-refractivity contribution in [3.05, 3.63) is 89.9 Å². The van der Waals surface area contributed by atoms with E-state index in [2.05, 4.69) is 25.3 Å². The summed E-state index contributed by atoms with van der Waals surface area (Å²) in [5, 5.41) is 17.7. The summed E-state index contributed by atoms with van der Waals surface area (Å²) in [6, 6.07) is 21.0. The molecule has 1 N–H and O–H groups in total. The maximum absolute atomic E-state index is 11.4. The minimum atomic E-state index is -1.32. The number of aliphatic carboxylic acids is 1. The molecule has 42 heavy (non-hydrogen) atoms. The molecule has 3 heterocycles. The number of benzene rings is 2. The molecule has 0 spiro atoms. The van der Waals surface area contributed by atoms with E-state index in [-0.39, 0.29) is 0 Å². The Balaban J connectivity index is 1.18. The number of hydrogen-bond acceptors (Lipinski definition) is 10. The molecule has 0 bridgehead atoms. The van der Waals surface area contributed by atoms with Gasteiger partial charge in [-0.25, -0.2) is 4.79 Å². The molecule has 0 unspecified atom stereocenters. The normalized spacial score (nSPS) is 13.2. The van der Waals surface area contributed by atoms with E-state index in [1.54, 1.807) is 18.3 Å². The van der Waals surface area contributed by atoms with Crippen molar-refractivity contribution in [2.75, 3.05) is 11.4 Å². The number of pyridine rings is 1. The largest absolute Gasteiger partial charge is 0.478 e. The first-order valence-corrected chi connectivity index (χ1v) is 13.8. The van der Waals surface area contributed by atoms with Crippen LogP contribution < -0.4 is 9.64 Å². The smallest absolute Gasteiger partial charge is 0.347 e. The van der Waals surface area contributed by atoms with Gasteiger partial charge in [0.25, 0.3) is 11.8 Å². The Bertz CT molecular complexity index is 1640. The first kappa shape index (κ1) is 27.1. The number of carboxylic acids is 1. The summed E-state index contributed by atoms with van der Waals surface area (Å²) in [5.41, 5.74) is 2.28. The summed E-state index contributed by atoms with van der Waals surface area (Å²) in [6.45, 7) is 4.17. The number of ether oxygens (including phenoxy) is 1. The number of rotatable bonds is 12. The third-order valence-electron chi connectivity index (χ3n) is 7.02. The molecule has 2 aromatic carbocycles. The van der Waals surface area contributed by atoms with Gasteiger partial charge in [0, 0.05) is 30.8 Å². The SMILES string of the molecule is CC(C)(Oc1ccc(CCN(Cc2ccc(-c3noc(C4CC4)n3)cc2)c2noc(-c3ccccn3)n2)cc1)C(=O)O. The van der Waals surface area contributed by atoms with Crippen molar-refractivity contribution in [2.24, 2.45) is 0 Å². The summed E-state index contributed by atoms with van der Waals surface area (Å²) in [6.07, 6.45) is 4.58. The van der Waals surface area contributed by atoms with E-state index in [0.29, 0.717) is 60.4 Å². The van der Waals surface area contributed by atoms with Crippen molar-refractivity contribution in [2.45, 2.75) is 51.2 Å². The Morgan fingerprint density at radius 3 is 2.43 bits per heavy atom. The second kappa shape index (κ2) is 11.4.